The van der Waals surface area contributed by atoms with Crippen molar-refractivity contribution in [2.75, 3.05) is 18.5 Å². The van der Waals surface area contributed by atoms with E-state index < -0.39 is 0 Å². The molecule has 0 saturated carbocycles. The minimum absolute atomic E-state index is 0.127. The van der Waals surface area contributed by atoms with Crippen molar-refractivity contribution in [1.82, 2.24) is 24.5 Å². The highest BCUT2D eigenvalue weighted by molar-refractivity contribution is 5.71. The van der Waals surface area contributed by atoms with Crippen LogP contribution >= 0.6 is 0 Å². The van der Waals surface area contributed by atoms with Crippen LogP contribution in [0.25, 0.3) is 11.1 Å². The van der Waals surface area contributed by atoms with Gasteiger partial charge in [-0.15, -0.1) is 10.2 Å². The number of hydrogen-bond donors (Lipinski definition) is 2. The van der Waals surface area contributed by atoms with Crippen molar-refractivity contribution in [2.45, 2.75) is 26.1 Å². The Labute approximate surface area is 194 Å². The van der Waals surface area contributed by atoms with Gasteiger partial charge in [0.25, 0.3) is 5.56 Å². The smallest absolute Gasteiger partial charge is 0.274 e. The van der Waals surface area contributed by atoms with Gasteiger partial charge < -0.3 is 15.2 Å². The molecule has 1 aliphatic heterocycles. The van der Waals surface area contributed by atoms with Gasteiger partial charge in [-0.2, -0.15) is 5.10 Å². The fraction of sp³-hybridized carbons (Fsp3) is 0.250. The average Bonchev–Trinajstić information content (AvgIpc) is 3.26. The van der Waals surface area contributed by atoms with E-state index in [1.54, 1.807) is 24.4 Å². The highest BCUT2D eigenvalue weighted by atomic mass is 19.1. The minimum Gasteiger partial charge on any atom is -0.394 e. The lowest BCUT2D eigenvalue weighted by Gasteiger charge is -2.27. The van der Waals surface area contributed by atoms with Crippen LogP contribution < -0.4 is 10.9 Å². The molecular formula is C24H23FN6O3. The lowest BCUT2D eigenvalue weighted by Crippen LogP contribution is -2.26. The Bertz CT molecular complexity index is 1380. The number of ether oxygens (including phenoxy) is 1. The van der Waals surface area contributed by atoms with E-state index in [9.17, 15) is 14.3 Å². The Morgan fingerprint density at radius 1 is 1.18 bits per heavy atom. The van der Waals surface area contributed by atoms with Crippen molar-refractivity contribution in [1.29, 1.82) is 0 Å². The van der Waals surface area contributed by atoms with Gasteiger partial charge >= 0.3 is 0 Å². The first-order valence-electron chi connectivity index (χ1n) is 10.9. The maximum absolute atomic E-state index is 13.5. The molecule has 0 amide bonds. The lowest BCUT2D eigenvalue weighted by molar-refractivity contribution is 0.0670. The molecule has 0 spiro atoms. The maximum atomic E-state index is 13.5. The SMILES string of the molecule is Cc1ccc(-c2ccnn(CCO)c2=O)cc1Nc1nnc2n1C(c1ccc(F)cc1)COC2. The van der Waals surface area contributed by atoms with Crippen molar-refractivity contribution in [2.24, 2.45) is 0 Å². The van der Waals surface area contributed by atoms with Gasteiger partial charge in [0.2, 0.25) is 5.95 Å². The molecule has 2 N–H and O–H groups in total. The number of nitrogens with one attached hydrogen (secondary N) is 1. The second-order valence-electron chi connectivity index (χ2n) is 8.04. The molecule has 0 aliphatic carbocycles. The zero-order chi connectivity index (χ0) is 23.7. The van der Waals surface area contributed by atoms with E-state index in [1.807, 2.05) is 29.7 Å². The number of nitrogens with zero attached hydrogens (tertiary/aromatic N) is 5. The predicted octanol–water partition coefficient (Wildman–Crippen LogP) is 2.80. The minimum atomic E-state index is -0.301. The van der Waals surface area contributed by atoms with Gasteiger partial charge in [-0.1, -0.05) is 24.3 Å². The van der Waals surface area contributed by atoms with E-state index in [0.717, 1.165) is 16.8 Å². The van der Waals surface area contributed by atoms with Gasteiger partial charge in [0.05, 0.1) is 31.4 Å². The van der Waals surface area contributed by atoms with Gasteiger partial charge in [0, 0.05) is 11.9 Å². The Morgan fingerprint density at radius 3 is 2.79 bits per heavy atom. The molecule has 174 valence electrons. The van der Waals surface area contributed by atoms with Crippen LogP contribution in [0.1, 0.15) is 23.0 Å². The number of aromatic nitrogens is 5. The number of aliphatic hydroxyl groups is 1. The predicted molar refractivity (Wildman–Crippen MR) is 123 cm³/mol. The molecule has 5 rings (SSSR count). The molecular weight excluding hydrogens is 439 g/mol. The van der Waals surface area contributed by atoms with Gasteiger partial charge in [-0.25, -0.2) is 9.07 Å². The van der Waals surface area contributed by atoms with E-state index >= 15 is 0 Å². The van der Waals surface area contributed by atoms with Crippen molar-refractivity contribution in [3.05, 3.63) is 87.9 Å². The van der Waals surface area contributed by atoms with Gasteiger partial charge in [-0.3, -0.25) is 9.36 Å². The molecule has 1 unspecified atom stereocenters. The first-order chi connectivity index (χ1) is 16.5. The molecule has 9 nitrogen and oxygen atoms in total. The highest BCUT2D eigenvalue weighted by Gasteiger charge is 2.27. The number of halogens is 1. The number of rotatable bonds is 6. The van der Waals surface area contributed by atoms with E-state index in [0.29, 0.717) is 36.1 Å². The van der Waals surface area contributed by atoms with Gasteiger partial charge in [0.15, 0.2) is 5.82 Å². The number of aliphatic hydroxyl groups excluding tert-OH is 1. The molecule has 0 fully saturated rings. The van der Waals surface area contributed by atoms with Crippen LogP contribution in [0.5, 0.6) is 0 Å². The second kappa shape index (κ2) is 9.16. The van der Waals surface area contributed by atoms with E-state index in [4.69, 9.17) is 4.74 Å². The number of anilines is 2. The van der Waals surface area contributed by atoms with E-state index in [-0.39, 0.29) is 30.6 Å². The van der Waals surface area contributed by atoms with Crippen LogP contribution in [0.15, 0.2) is 59.5 Å². The summed E-state index contributed by atoms with van der Waals surface area (Å²) in [5.41, 5.74) is 3.52. The van der Waals surface area contributed by atoms with E-state index in [1.165, 1.54) is 16.8 Å². The van der Waals surface area contributed by atoms with Gasteiger partial charge in [0.1, 0.15) is 12.4 Å². The van der Waals surface area contributed by atoms with Crippen LogP contribution in [-0.2, 0) is 17.9 Å². The number of benzene rings is 2. The van der Waals surface area contributed by atoms with Crippen molar-refractivity contribution in [3.63, 3.8) is 0 Å². The zero-order valence-corrected chi connectivity index (χ0v) is 18.5. The summed E-state index contributed by atoms with van der Waals surface area (Å²) in [5, 5.41) is 25.2. The van der Waals surface area contributed by atoms with E-state index in [2.05, 4.69) is 20.6 Å². The Hall–Kier alpha value is -3.89. The molecule has 1 atom stereocenters. The summed E-state index contributed by atoms with van der Waals surface area (Å²) in [7, 11) is 0. The first-order valence-corrected chi connectivity index (χ1v) is 10.9. The molecule has 2 aromatic carbocycles. The van der Waals surface area contributed by atoms with Crippen molar-refractivity contribution in [3.8, 4) is 11.1 Å². The summed E-state index contributed by atoms with van der Waals surface area (Å²) in [5.74, 6) is 0.891. The fourth-order valence-corrected chi connectivity index (χ4v) is 4.07. The average molecular weight is 462 g/mol. The quantitative estimate of drug-likeness (QED) is 0.454. The third-order valence-electron chi connectivity index (χ3n) is 5.86. The molecule has 3 heterocycles. The molecule has 0 radical (unpaired) electrons. The molecule has 0 bridgehead atoms. The Balaban J connectivity index is 1.51. The topological polar surface area (TPSA) is 107 Å². The van der Waals surface area contributed by atoms with Crippen LogP contribution in [-0.4, -0.2) is 42.9 Å². The van der Waals surface area contributed by atoms with Crippen LogP contribution in [0, 0.1) is 12.7 Å². The lowest BCUT2D eigenvalue weighted by atomic mass is 10.0. The maximum Gasteiger partial charge on any atom is 0.274 e. The monoisotopic (exact) mass is 462 g/mol. The summed E-state index contributed by atoms with van der Waals surface area (Å²) in [4.78, 5) is 12.8. The van der Waals surface area contributed by atoms with Crippen LogP contribution in [0.4, 0.5) is 16.0 Å². The molecule has 10 heteroatoms. The normalized spacial score (nSPS) is 15.2. The summed E-state index contributed by atoms with van der Waals surface area (Å²) in [6.07, 6.45) is 1.54. The molecule has 1 aliphatic rings. The second-order valence-corrected chi connectivity index (χ2v) is 8.04. The van der Waals surface area contributed by atoms with Crippen molar-refractivity contribution < 1.29 is 14.2 Å². The van der Waals surface area contributed by atoms with Crippen LogP contribution in [0.2, 0.25) is 0 Å². The number of aryl methyl sites for hydroxylation is 1. The Kier molecular flexibility index (Phi) is 5.91. The van der Waals surface area contributed by atoms with Gasteiger partial charge in [-0.05, 0) is 47.9 Å². The third kappa shape index (κ3) is 4.09. The number of hydrogen-bond acceptors (Lipinski definition) is 7. The first kappa shape index (κ1) is 21.9. The molecule has 34 heavy (non-hydrogen) atoms. The summed E-state index contributed by atoms with van der Waals surface area (Å²) < 4.78 is 22.4. The molecule has 4 aromatic rings. The largest absolute Gasteiger partial charge is 0.394 e. The van der Waals surface area contributed by atoms with Crippen molar-refractivity contribution >= 4 is 11.6 Å². The summed E-state index contributed by atoms with van der Waals surface area (Å²) in [6, 6.07) is 13.4. The summed E-state index contributed by atoms with van der Waals surface area (Å²) >= 11 is 0. The number of fused-ring (bicyclic) bond motifs is 1. The fourth-order valence-electron chi connectivity index (χ4n) is 4.07. The molecule has 2 aromatic heterocycles. The Morgan fingerprint density at radius 2 is 2.00 bits per heavy atom. The zero-order valence-electron chi connectivity index (χ0n) is 18.5. The standard InChI is InChI=1S/C24H23FN6O3/c1-15-2-3-17(19-8-9-26-30(10-11-32)23(19)33)12-20(15)27-24-29-28-22-14-34-13-21(31(22)24)16-4-6-18(25)7-5-16/h2-9,12,21,32H,10-11,13-14H2,1H3,(H,27,29). The van der Waals surface area contributed by atoms with Crippen LogP contribution in [0.3, 0.4) is 0 Å². The molecule has 0 saturated heterocycles. The third-order valence-corrected chi connectivity index (χ3v) is 5.86. The highest BCUT2D eigenvalue weighted by Crippen LogP contribution is 2.31. The summed E-state index contributed by atoms with van der Waals surface area (Å²) in [6.45, 7) is 2.64.